The largest absolute Gasteiger partial charge is 0.450 e. The molecule has 1 aromatic heterocycles. The summed E-state index contributed by atoms with van der Waals surface area (Å²) in [4.78, 5) is 3.96. The number of ether oxygens (including phenoxy) is 1. The summed E-state index contributed by atoms with van der Waals surface area (Å²) in [6.45, 7) is 1.85. The Bertz CT molecular complexity index is 616. The van der Waals surface area contributed by atoms with Gasteiger partial charge in [-0.15, -0.1) is 10.3 Å². The van der Waals surface area contributed by atoms with Gasteiger partial charge in [0.15, 0.2) is 23.2 Å². The number of nitrogens with zero attached hydrogens (tertiary/aromatic N) is 2. The zero-order chi connectivity index (χ0) is 13.0. The van der Waals surface area contributed by atoms with Crippen molar-refractivity contribution in [2.45, 2.75) is 6.92 Å². The molecule has 0 N–H and O–H groups in total. The van der Waals surface area contributed by atoms with Gasteiger partial charge in [-0.05, 0) is 30.6 Å². The average Bonchev–Trinajstić information content (AvgIpc) is 2.82. The first-order valence-corrected chi connectivity index (χ1v) is 5.80. The van der Waals surface area contributed by atoms with Gasteiger partial charge in [0, 0.05) is 0 Å². The van der Waals surface area contributed by atoms with Crippen molar-refractivity contribution >= 4 is 11.5 Å². The summed E-state index contributed by atoms with van der Waals surface area (Å²) in [6.07, 6.45) is 0. The van der Waals surface area contributed by atoms with Crippen LogP contribution in [0.5, 0.6) is 6.01 Å². The van der Waals surface area contributed by atoms with E-state index in [-0.39, 0.29) is 23.2 Å². The van der Waals surface area contributed by atoms with E-state index in [1.54, 1.807) is 6.92 Å². The van der Waals surface area contributed by atoms with E-state index in [0.29, 0.717) is 0 Å². The van der Waals surface area contributed by atoms with Crippen molar-refractivity contribution in [1.82, 2.24) is 9.36 Å². The number of aromatic nitrogens is 2. The fraction of sp³-hybridized carbons (Fsp3) is 0.167. The van der Waals surface area contributed by atoms with Crippen LogP contribution in [0.1, 0.15) is 6.92 Å². The van der Waals surface area contributed by atoms with Crippen LogP contribution in [0.25, 0.3) is 10.6 Å². The summed E-state index contributed by atoms with van der Waals surface area (Å²) in [7, 11) is 0. The molecule has 0 spiro atoms. The van der Waals surface area contributed by atoms with Gasteiger partial charge in [0.05, 0.1) is 5.56 Å². The van der Waals surface area contributed by atoms with Crippen LogP contribution < -0.4 is 4.74 Å². The third kappa shape index (κ3) is 2.63. The normalized spacial score (nSPS) is 9.72. The number of halogens is 2. The van der Waals surface area contributed by atoms with Crippen LogP contribution in [0.4, 0.5) is 8.78 Å². The Hall–Kier alpha value is -2.00. The maximum Gasteiger partial charge on any atom is 0.329 e. The molecule has 1 heterocycles. The number of hydrogen-bond donors (Lipinski definition) is 0. The highest BCUT2D eigenvalue weighted by atomic mass is 32.1. The summed E-state index contributed by atoms with van der Waals surface area (Å²) in [5, 5.41) is 0.270. The van der Waals surface area contributed by atoms with Crippen molar-refractivity contribution in [1.29, 1.82) is 0 Å². The topological polar surface area (TPSA) is 35.0 Å². The summed E-state index contributed by atoms with van der Waals surface area (Å²) in [5.41, 5.74) is 0.0731. The Labute approximate surface area is 107 Å². The van der Waals surface area contributed by atoms with Crippen molar-refractivity contribution in [2.75, 3.05) is 6.61 Å². The molecule has 1 aromatic carbocycles. The molecule has 0 bridgehead atoms. The number of benzene rings is 1. The van der Waals surface area contributed by atoms with Crippen LogP contribution >= 0.6 is 11.5 Å². The van der Waals surface area contributed by atoms with E-state index >= 15 is 0 Å². The van der Waals surface area contributed by atoms with Gasteiger partial charge >= 0.3 is 6.01 Å². The second-order valence-electron chi connectivity index (χ2n) is 3.20. The van der Waals surface area contributed by atoms with Gasteiger partial charge in [0.2, 0.25) is 0 Å². The van der Waals surface area contributed by atoms with Crippen LogP contribution in [-0.2, 0) is 0 Å². The maximum absolute atomic E-state index is 13.5. The van der Waals surface area contributed by atoms with Crippen molar-refractivity contribution in [3.05, 3.63) is 29.8 Å². The molecule has 0 unspecified atom stereocenters. The highest BCUT2D eigenvalue weighted by Gasteiger charge is 2.14. The smallest absolute Gasteiger partial charge is 0.329 e. The van der Waals surface area contributed by atoms with E-state index in [2.05, 4.69) is 21.2 Å². The highest BCUT2D eigenvalue weighted by Crippen LogP contribution is 2.27. The minimum absolute atomic E-state index is 0.0731. The van der Waals surface area contributed by atoms with Gasteiger partial charge in [-0.2, -0.15) is 4.98 Å². The zero-order valence-electron chi connectivity index (χ0n) is 9.41. The standard InChI is InChI=1S/C12H8F2N2OS/c1-2-3-7-17-12-15-11(18-16-12)8-5-4-6-9(13)10(8)14/h4-6H,7H2,1H3. The third-order valence-electron chi connectivity index (χ3n) is 2.04. The molecule has 0 aliphatic heterocycles. The fourth-order valence-corrected chi connectivity index (χ4v) is 1.85. The van der Waals surface area contributed by atoms with Gasteiger partial charge in [0.25, 0.3) is 0 Å². The summed E-state index contributed by atoms with van der Waals surface area (Å²) in [5.74, 6) is 3.49. The second kappa shape index (κ2) is 5.56. The lowest BCUT2D eigenvalue weighted by molar-refractivity contribution is 0.345. The van der Waals surface area contributed by atoms with Gasteiger partial charge in [-0.25, -0.2) is 8.78 Å². The van der Waals surface area contributed by atoms with Gasteiger partial charge in [0.1, 0.15) is 0 Å². The number of rotatable bonds is 3. The van der Waals surface area contributed by atoms with E-state index in [1.807, 2.05) is 0 Å². The minimum Gasteiger partial charge on any atom is -0.450 e. The minimum atomic E-state index is -0.937. The predicted molar refractivity (Wildman–Crippen MR) is 64.2 cm³/mol. The molecule has 0 aliphatic carbocycles. The molecule has 3 nitrogen and oxygen atoms in total. The van der Waals surface area contributed by atoms with E-state index in [1.165, 1.54) is 12.1 Å². The first-order chi connectivity index (χ1) is 8.72. The van der Waals surface area contributed by atoms with Gasteiger partial charge < -0.3 is 4.74 Å². The molecular formula is C12H8F2N2OS. The molecule has 0 radical (unpaired) electrons. The zero-order valence-corrected chi connectivity index (χ0v) is 10.2. The van der Waals surface area contributed by atoms with E-state index in [0.717, 1.165) is 17.6 Å². The van der Waals surface area contributed by atoms with E-state index in [4.69, 9.17) is 4.74 Å². The molecule has 0 atom stereocenters. The van der Waals surface area contributed by atoms with Crippen molar-refractivity contribution < 1.29 is 13.5 Å². The molecule has 92 valence electrons. The average molecular weight is 266 g/mol. The Morgan fingerprint density at radius 3 is 3.00 bits per heavy atom. The van der Waals surface area contributed by atoms with E-state index in [9.17, 15) is 8.78 Å². The predicted octanol–water partition coefficient (Wildman–Crippen LogP) is 2.89. The van der Waals surface area contributed by atoms with Crippen LogP contribution in [-0.4, -0.2) is 16.0 Å². The van der Waals surface area contributed by atoms with Crippen LogP contribution in [0.2, 0.25) is 0 Å². The Morgan fingerprint density at radius 1 is 1.39 bits per heavy atom. The van der Waals surface area contributed by atoms with Crippen molar-refractivity contribution in [3.63, 3.8) is 0 Å². The molecule has 0 saturated carbocycles. The SMILES string of the molecule is CC#CCOc1nsc(-c2cccc(F)c2F)n1. The Balaban J connectivity index is 2.23. The molecule has 0 aliphatic rings. The second-order valence-corrected chi connectivity index (χ2v) is 3.95. The monoisotopic (exact) mass is 266 g/mol. The lowest BCUT2D eigenvalue weighted by Crippen LogP contribution is -1.95. The maximum atomic E-state index is 13.5. The first kappa shape index (κ1) is 12.5. The van der Waals surface area contributed by atoms with Crippen LogP contribution in [0.15, 0.2) is 18.2 Å². The molecule has 0 saturated heterocycles. The highest BCUT2D eigenvalue weighted by molar-refractivity contribution is 7.09. The lowest BCUT2D eigenvalue weighted by Gasteiger charge is -1.98. The van der Waals surface area contributed by atoms with Gasteiger partial charge in [-0.1, -0.05) is 12.0 Å². The molecule has 18 heavy (non-hydrogen) atoms. The van der Waals surface area contributed by atoms with Crippen LogP contribution in [0.3, 0.4) is 0 Å². The first-order valence-electron chi connectivity index (χ1n) is 5.03. The van der Waals surface area contributed by atoms with Crippen molar-refractivity contribution in [3.8, 4) is 28.4 Å². The number of hydrogen-bond acceptors (Lipinski definition) is 4. The Kier molecular flexibility index (Phi) is 3.85. The molecule has 0 fully saturated rings. The molecular weight excluding hydrogens is 258 g/mol. The third-order valence-corrected chi connectivity index (χ3v) is 2.77. The Morgan fingerprint density at radius 2 is 2.22 bits per heavy atom. The van der Waals surface area contributed by atoms with Crippen LogP contribution in [0, 0.1) is 23.5 Å². The van der Waals surface area contributed by atoms with Gasteiger partial charge in [-0.3, -0.25) is 0 Å². The van der Waals surface area contributed by atoms with E-state index < -0.39 is 11.6 Å². The quantitative estimate of drug-likeness (QED) is 0.801. The van der Waals surface area contributed by atoms with Crippen molar-refractivity contribution in [2.24, 2.45) is 0 Å². The summed E-state index contributed by atoms with van der Waals surface area (Å²) < 4.78 is 35.6. The molecule has 0 amide bonds. The molecule has 2 aromatic rings. The lowest BCUT2D eigenvalue weighted by atomic mass is 10.2. The molecule has 6 heteroatoms. The summed E-state index contributed by atoms with van der Waals surface area (Å²) >= 11 is 0.943. The summed E-state index contributed by atoms with van der Waals surface area (Å²) in [6, 6.07) is 4.02. The molecule has 2 rings (SSSR count). The fourth-order valence-electron chi connectivity index (χ4n) is 1.22.